The van der Waals surface area contributed by atoms with Crippen LogP contribution in [0.3, 0.4) is 0 Å². The summed E-state index contributed by atoms with van der Waals surface area (Å²) >= 11 is 0. The van der Waals surface area contributed by atoms with Crippen LogP contribution in [0.5, 0.6) is 0 Å². The maximum absolute atomic E-state index is 12.5. The van der Waals surface area contributed by atoms with Gasteiger partial charge in [0, 0.05) is 37.1 Å². The molecule has 1 aliphatic rings. The van der Waals surface area contributed by atoms with Gasteiger partial charge in [-0.1, -0.05) is 6.92 Å². The van der Waals surface area contributed by atoms with Crippen molar-refractivity contribution in [3.63, 3.8) is 0 Å². The number of hydrogen-bond donors (Lipinski definition) is 2. The number of aromatic nitrogens is 3. The van der Waals surface area contributed by atoms with E-state index in [2.05, 4.69) is 21.9 Å². The van der Waals surface area contributed by atoms with Crippen molar-refractivity contribution >= 4 is 5.91 Å². The van der Waals surface area contributed by atoms with Gasteiger partial charge in [-0.3, -0.25) is 4.79 Å². The third-order valence-electron chi connectivity index (χ3n) is 3.97. The first-order valence-corrected chi connectivity index (χ1v) is 7.24. The van der Waals surface area contributed by atoms with Gasteiger partial charge in [0.15, 0.2) is 0 Å². The van der Waals surface area contributed by atoms with E-state index in [0.717, 1.165) is 43.9 Å². The lowest BCUT2D eigenvalue weighted by molar-refractivity contribution is 0.0699. The van der Waals surface area contributed by atoms with Crippen LogP contribution in [0.2, 0.25) is 0 Å². The summed E-state index contributed by atoms with van der Waals surface area (Å²) in [6, 6.07) is 3.87. The molecule has 20 heavy (non-hydrogen) atoms. The average molecular weight is 272 g/mol. The maximum Gasteiger partial charge on any atom is 0.270 e. The summed E-state index contributed by atoms with van der Waals surface area (Å²) in [5.74, 6) is 1.41. The summed E-state index contributed by atoms with van der Waals surface area (Å²) < 4.78 is 0. The highest BCUT2D eigenvalue weighted by Gasteiger charge is 2.27. The Hall–Kier alpha value is -2.04. The number of carbonyl (C=O) groups excluding carboxylic acids is 1. The van der Waals surface area contributed by atoms with Crippen molar-refractivity contribution in [2.45, 2.75) is 32.1 Å². The Bertz CT molecular complexity index is 572. The third kappa shape index (κ3) is 2.48. The molecule has 106 valence electrons. The van der Waals surface area contributed by atoms with E-state index in [1.165, 1.54) is 0 Å². The Morgan fingerprint density at radius 2 is 2.40 bits per heavy atom. The van der Waals surface area contributed by atoms with Gasteiger partial charge in [0.25, 0.3) is 5.91 Å². The molecule has 1 saturated heterocycles. The Labute approximate surface area is 118 Å². The zero-order valence-corrected chi connectivity index (χ0v) is 11.7. The fraction of sp³-hybridized carbons (Fsp3) is 0.467. The molecule has 0 bridgehead atoms. The van der Waals surface area contributed by atoms with E-state index < -0.39 is 0 Å². The molecule has 5 nitrogen and oxygen atoms in total. The number of nitrogens with one attached hydrogen (secondary N) is 2. The molecule has 0 aliphatic carbocycles. The number of likely N-dealkylation sites (tertiary alicyclic amines) is 1. The number of aryl methyl sites for hydroxylation is 1. The lowest BCUT2D eigenvalue weighted by atomic mass is 9.97. The minimum atomic E-state index is 0.0981. The first kappa shape index (κ1) is 13.0. The van der Waals surface area contributed by atoms with Crippen LogP contribution in [0, 0.1) is 0 Å². The number of aromatic amines is 2. The van der Waals surface area contributed by atoms with E-state index in [9.17, 15) is 4.79 Å². The molecule has 1 aliphatic heterocycles. The van der Waals surface area contributed by atoms with Crippen molar-refractivity contribution in [2.24, 2.45) is 0 Å². The van der Waals surface area contributed by atoms with Crippen LogP contribution in [-0.2, 0) is 6.42 Å². The average Bonchev–Trinajstić information content (AvgIpc) is 3.17. The second kappa shape index (κ2) is 5.53. The predicted octanol–water partition coefficient (Wildman–Crippen LogP) is 2.32. The third-order valence-corrected chi connectivity index (χ3v) is 3.97. The number of piperidine rings is 1. The van der Waals surface area contributed by atoms with Gasteiger partial charge in [0.1, 0.15) is 11.5 Å². The van der Waals surface area contributed by atoms with Crippen LogP contribution >= 0.6 is 0 Å². The SMILES string of the molecule is CCc1ccc(C(=O)N2CCC[C@H](c3ncc[nH]3)C2)[nH]1. The number of hydrogen-bond acceptors (Lipinski definition) is 2. The quantitative estimate of drug-likeness (QED) is 0.900. The highest BCUT2D eigenvalue weighted by atomic mass is 16.2. The van der Waals surface area contributed by atoms with Crippen molar-refractivity contribution in [1.82, 2.24) is 19.9 Å². The summed E-state index contributed by atoms with van der Waals surface area (Å²) in [6.07, 6.45) is 6.65. The van der Waals surface area contributed by atoms with E-state index in [0.29, 0.717) is 11.6 Å². The van der Waals surface area contributed by atoms with E-state index in [1.54, 1.807) is 6.20 Å². The second-order valence-corrected chi connectivity index (χ2v) is 5.32. The Kier molecular flexibility index (Phi) is 3.58. The largest absolute Gasteiger partial charge is 0.354 e. The highest BCUT2D eigenvalue weighted by molar-refractivity contribution is 5.92. The van der Waals surface area contributed by atoms with Crippen molar-refractivity contribution in [1.29, 1.82) is 0 Å². The number of amides is 1. The Balaban J connectivity index is 1.71. The molecule has 0 radical (unpaired) electrons. The summed E-state index contributed by atoms with van der Waals surface area (Å²) in [7, 11) is 0. The number of carbonyl (C=O) groups is 1. The van der Waals surface area contributed by atoms with E-state index >= 15 is 0 Å². The minimum Gasteiger partial charge on any atom is -0.354 e. The van der Waals surface area contributed by atoms with Crippen LogP contribution in [0.4, 0.5) is 0 Å². The molecule has 1 amide bonds. The topological polar surface area (TPSA) is 64.8 Å². The second-order valence-electron chi connectivity index (χ2n) is 5.32. The first-order valence-electron chi connectivity index (χ1n) is 7.24. The normalized spacial score (nSPS) is 19.2. The van der Waals surface area contributed by atoms with Crippen molar-refractivity contribution in [3.8, 4) is 0 Å². The van der Waals surface area contributed by atoms with Crippen molar-refractivity contribution in [3.05, 3.63) is 41.7 Å². The fourth-order valence-electron chi connectivity index (χ4n) is 2.83. The van der Waals surface area contributed by atoms with Crippen LogP contribution in [0.25, 0.3) is 0 Å². The van der Waals surface area contributed by atoms with Gasteiger partial charge < -0.3 is 14.9 Å². The summed E-state index contributed by atoms with van der Waals surface area (Å²) in [5, 5.41) is 0. The Morgan fingerprint density at radius 3 is 3.10 bits per heavy atom. The van der Waals surface area contributed by atoms with Crippen LogP contribution in [-0.4, -0.2) is 38.8 Å². The fourth-order valence-corrected chi connectivity index (χ4v) is 2.83. The molecule has 1 fully saturated rings. The molecule has 2 aromatic rings. The first-order chi connectivity index (χ1) is 9.78. The smallest absolute Gasteiger partial charge is 0.270 e. The number of H-pyrrole nitrogens is 2. The number of imidazole rings is 1. The van der Waals surface area contributed by atoms with Crippen LogP contribution in [0.15, 0.2) is 24.5 Å². The molecule has 0 saturated carbocycles. The minimum absolute atomic E-state index is 0.0981. The molecule has 0 spiro atoms. The molecular weight excluding hydrogens is 252 g/mol. The molecule has 3 rings (SSSR count). The molecule has 0 aromatic carbocycles. The molecule has 2 aromatic heterocycles. The van der Waals surface area contributed by atoms with Gasteiger partial charge in [-0.15, -0.1) is 0 Å². The van der Waals surface area contributed by atoms with E-state index in [-0.39, 0.29) is 5.91 Å². The van der Waals surface area contributed by atoms with Gasteiger partial charge in [-0.2, -0.15) is 0 Å². The summed E-state index contributed by atoms with van der Waals surface area (Å²) in [6.45, 7) is 3.65. The van der Waals surface area contributed by atoms with Crippen LogP contribution < -0.4 is 0 Å². The predicted molar refractivity (Wildman–Crippen MR) is 76.6 cm³/mol. The van der Waals surface area contributed by atoms with Gasteiger partial charge in [0.05, 0.1) is 0 Å². The Morgan fingerprint density at radius 1 is 1.50 bits per heavy atom. The zero-order valence-electron chi connectivity index (χ0n) is 11.7. The number of nitrogens with zero attached hydrogens (tertiary/aromatic N) is 2. The van der Waals surface area contributed by atoms with Gasteiger partial charge in [-0.05, 0) is 31.4 Å². The van der Waals surface area contributed by atoms with Gasteiger partial charge in [-0.25, -0.2) is 4.98 Å². The molecule has 2 N–H and O–H groups in total. The maximum atomic E-state index is 12.5. The van der Waals surface area contributed by atoms with Gasteiger partial charge in [0.2, 0.25) is 0 Å². The molecule has 0 unspecified atom stereocenters. The van der Waals surface area contributed by atoms with Crippen molar-refractivity contribution < 1.29 is 4.79 Å². The summed E-state index contributed by atoms with van der Waals surface area (Å²) in [4.78, 5) is 25.1. The molecule has 3 heterocycles. The summed E-state index contributed by atoms with van der Waals surface area (Å²) in [5.41, 5.74) is 1.80. The monoisotopic (exact) mass is 272 g/mol. The number of rotatable bonds is 3. The molecule has 1 atom stereocenters. The lowest BCUT2D eigenvalue weighted by Gasteiger charge is -2.31. The lowest BCUT2D eigenvalue weighted by Crippen LogP contribution is -2.39. The standard InChI is InChI=1S/C15H20N4O/c1-2-12-5-6-13(18-12)15(20)19-9-3-4-11(10-19)14-16-7-8-17-14/h5-8,11,18H,2-4,9-10H2,1H3,(H,16,17)/t11-/m0/s1. The van der Waals surface area contributed by atoms with E-state index in [4.69, 9.17) is 0 Å². The zero-order chi connectivity index (χ0) is 13.9. The van der Waals surface area contributed by atoms with Gasteiger partial charge >= 0.3 is 0 Å². The van der Waals surface area contributed by atoms with Crippen molar-refractivity contribution in [2.75, 3.05) is 13.1 Å². The molecule has 5 heteroatoms. The van der Waals surface area contributed by atoms with E-state index in [1.807, 2.05) is 23.2 Å². The molecular formula is C15H20N4O. The van der Waals surface area contributed by atoms with Crippen LogP contribution in [0.1, 0.15) is 47.7 Å². The highest BCUT2D eigenvalue weighted by Crippen LogP contribution is 2.25.